The van der Waals surface area contributed by atoms with E-state index in [0.29, 0.717) is 11.3 Å². The summed E-state index contributed by atoms with van der Waals surface area (Å²) in [5, 5.41) is 1.33. The Morgan fingerprint density at radius 3 is 2.71 bits per heavy atom. The Bertz CT molecular complexity index is 451. The van der Waals surface area contributed by atoms with Crippen molar-refractivity contribution in [3.05, 3.63) is 29.3 Å². The second-order valence-corrected chi connectivity index (χ2v) is 5.83. The van der Waals surface area contributed by atoms with Crippen molar-refractivity contribution in [1.82, 2.24) is 4.98 Å². The van der Waals surface area contributed by atoms with E-state index >= 15 is 0 Å². The standard InChI is InChI=1S/C12H13NS/c1-12(2)7-8(12)11-13-9-5-3-4-6-10(9)14-11/h3-6,8H,7H2,1-2H3. The highest BCUT2D eigenvalue weighted by atomic mass is 32.1. The van der Waals surface area contributed by atoms with Crippen LogP contribution < -0.4 is 0 Å². The summed E-state index contributed by atoms with van der Waals surface area (Å²) in [6.45, 7) is 4.65. The molecule has 0 amide bonds. The number of nitrogens with zero attached hydrogens (tertiary/aromatic N) is 1. The van der Waals surface area contributed by atoms with Gasteiger partial charge >= 0.3 is 0 Å². The van der Waals surface area contributed by atoms with Gasteiger partial charge in [-0.1, -0.05) is 26.0 Å². The molecule has 3 rings (SSSR count). The fraction of sp³-hybridized carbons (Fsp3) is 0.417. The van der Waals surface area contributed by atoms with E-state index in [1.165, 1.54) is 16.1 Å². The van der Waals surface area contributed by atoms with Gasteiger partial charge in [0.25, 0.3) is 0 Å². The maximum Gasteiger partial charge on any atom is 0.0975 e. The number of fused-ring (bicyclic) bond motifs is 1. The summed E-state index contributed by atoms with van der Waals surface area (Å²) in [4.78, 5) is 4.69. The van der Waals surface area contributed by atoms with Gasteiger partial charge in [0, 0.05) is 5.92 Å². The zero-order chi connectivity index (χ0) is 9.76. The van der Waals surface area contributed by atoms with E-state index in [2.05, 4.69) is 43.1 Å². The summed E-state index contributed by atoms with van der Waals surface area (Å²) in [5.74, 6) is 0.708. The van der Waals surface area contributed by atoms with Crippen LogP contribution in [0.15, 0.2) is 24.3 Å². The van der Waals surface area contributed by atoms with Crippen molar-refractivity contribution in [1.29, 1.82) is 0 Å². The predicted molar refractivity (Wildman–Crippen MR) is 60.8 cm³/mol. The Morgan fingerprint density at radius 1 is 1.36 bits per heavy atom. The van der Waals surface area contributed by atoms with Crippen molar-refractivity contribution < 1.29 is 0 Å². The molecule has 1 aromatic heterocycles. The quantitative estimate of drug-likeness (QED) is 0.686. The van der Waals surface area contributed by atoms with Gasteiger partial charge in [-0.25, -0.2) is 4.98 Å². The topological polar surface area (TPSA) is 12.9 Å². The van der Waals surface area contributed by atoms with Crippen molar-refractivity contribution >= 4 is 21.6 Å². The van der Waals surface area contributed by atoms with Gasteiger partial charge in [0.2, 0.25) is 0 Å². The smallest absolute Gasteiger partial charge is 0.0975 e. The predicted octanol–water partition coefficient (Wildman–Crippen LogP) is 3.81. The van der Waals surface area contributed by atoms with Crippen LogP contribution in [-0.4, -0.2) is 4.98 Å². The lowest BCUT2D eigenvalue weighted by Crippen LogP contribution is -1.88. The van der Waals surface area contributed by atoms with Crippen LogP contribution in [0.25, 0.3) is 10.2 Å². The van der Waals surface area contributed by atoms with E-state index < -0.39 is 0 Å². The molecule has 0 saturated heterocycles. The van der Waals surface area contributed by atoms with Crippen LogP contribution in [0.2, 0.25) is 0 Å². The van der Waals surface area contributed by atoms with E-state index in [-0.39, 0.29) is 0 Å². The van der Waals surface area contributed by atoms with Crippen LogP contribution in [0.4, 0.5) is 0 Å². The van der Waals surface area contributed by atoms with E-state index in [1.54, 1.807) is 0 Å². The molecule has 1 nitrogen and oxygen atoms in total. The second-order valence-electron chi connectivity index (χ2n) is 4.77. The molecule has 0 aliphatic heterocycles. The first kappa shape index (κ1) is 8.42. The number of benzene rings is 1. The third kappa shape index (κ3) is 1.17. The molecule has 1 saturated carbocycles. The van der Waals surface area contributed by atoms with Crippen LogP contribution in [0.3, 0.4) is 0 Å². The molecule has 1 heterocycles. The lowest BCUT2D eigenvalue weighted by molar-refractivity contribution is 0.621. The summed E-state index contributed by atoms with van der Waals surface area (Å²) in [6.07, 6.45) is 1.30. The molecule has 2 aromatic rings. The highest BCUT2D eigenvalue weighted by Gasteiger charge is 2.48. The van der Waals surface area contributed by atoms with Gasteiger partial charge in [0.1, 0.15) is 0 Å². The molecule has 0 spiro atoms. The van der Waals surface area contributed by atoms with Crippen LogP contribution in [0, 0.1) is 5.41 Å². The van der Waals surface area contributed by atoms with Gasteiger partial charge in [-0.3, -0.25) is 0 Å². The first-order valence-corrected chi connectivity index (χ1v) is 5.84. The van der Waals surface area contributed by atoms with E-state index in [9.17, 15) is 0 Å². The first-order valence-electron chi connectivity index (χ1n) is 5.02. The molecule has 0 radical (unpaired) electrons. The van der Waals surface area contributed by atoms with Crippen molar-refractivity contribution in [3.8, 4) is 0 Å². The van der Waals surface area contributed by atoms with Gasteiger partial charge in [-0.15, -0.1) is 11.3 Å². The molecule has 1 atom stereocenters. The van der Waals surface area contributed by atoms with Crippen molar-refractivity contribution in [3.63, 3.8) is 0 Å². The average molecular weight is 203 g/mol. The molecule has 0 bridgehead atoms. The Balaban J connectivity index is 2.08. The number of rotatable bonds is 1. The fourth-order valence-electron chi connectivity index (χ4n) is 1.93. The average Bonchev–Trinajstić information content (AvgIpc) is 2.62. The Kier molecular flexibility index (Phi) is 1.55. The molecule has 2 heteroatoms. The monoisotopic (exact) mass is 203 g/mol. The lowest BCUT2D eigenvalue weighted by Gasteiger charge is -1.97. The highest BCUT2D eigenvalue weighted by Crippen LogP contribution is 2.59. The molecule has 1 unspecified atom stereocenters. The molecule has 1 aromatic carbocycles. The van der Waals surface area contributed by atoms with E-state index in [0.717, 1.165) is 5.52 Å². The number of thiazole rings is 1. The largest absolute Gasteiger partial charge is 0.241 e. The van der Waals surface area contributed by atoms with Crippen LogP contribution in [0.1, 0.15) is 31.2 Å². The van der Waals surface area contributed by atoms with Crippen molar-refractivity contribution in [2.75, 3.05) is 0 Å². The summed E-state index contributed by atoms with van der Waals surface area (Å²) in [6, 6.07) is 8.41. The second kappa shape index (κ2) is 2.57. The minimum Gasteiger partial charge on any atom is -0.241 e. The van der Waals surface area contributed by atoms with Crippen molar-refractivity contribution in [2.24, 2.45) is 5.41 Å². The van der Waals surface area contributed by atoms with E-state index in [4.69, 9.17) is 0 Å². The molecule has 14 heavy (non-hydrogen) atoms. The molecule has 1 fully saturated rings. The maximum atomic E-state index is 4.69. The number of aromatic nitrogens is 1. The minimum atomic E-state index is 0.494. The highest BCUT2D eigenvalue weighted by molar-refractivity contribution is 7.18. The zero-order valence-electron chi connectivity index (χ0n) is 8.45. The fourth-order valence-corrected chi connectivity index (χ4v) is 3.21. The van der Waals surface area contributed by atoms with Gasteiger partial charge < -0.3 is 0 Å². The summed E-state index contributed by atoms with van der Waals surface area (Å²) in [5.41, 5.74) is 1.66. The summed E-state index contributed by atoms with van der Waals surface area (Å²) < 4.78 is 1.32. The molecule has 1 aliphatic carbocycles. The Hall–Kier alpha value is -0.890. The lowest BCUT2D eigenvalue weighted by atomic mass is 10.1. The molecule has 72 valence electrons. The minimum absolute atomic E-state index is 0.494. The third-order valence-electron chi connectivity index (χ3n) is 3.12. The Morgan fingerprint density at radius 2 is 2.07 bits per heavy atom. The van der Waals surface area contributed by atoms with Gasteiger partial charge in [0.15, 0.2) is 0 Å². The number of para-hydroxylation sites is 1. The normalized spacial score (nSPS) is 24.0. The van der Waals surface area contributed by atoms with Crippen LogP contribution in [-0.2, 0) is 0 Å². The molecule has 0 N–H and O–H groups in total. The van der Waals surface area contributed by atoms with E-state index in [1.807, 2.05) is 11.3 Å². The Labute approximate surface area is 87.8 Å². The maximum absolute atomic E-state index is 4.69. The number of hydrogen-bond donors (Lipinski definition) is 0. The first-order chi connectivity index (χ1) is 6.67. The van der Waals surface area contributed by atoms with Crippen LogP contribution in [0.5, 0.6) is 0 Å². The zero-order valence-corrected chi connectivity index (χ0v) is 9.27. The third-order valence-corrected chi connectivity index (χ3v) is 4.27. The SMILES string of the molecule is CC1(C)CC1c1nc2ccccc2s1. The van der Waals surface area contributed by atoms with Gasteiger partial charge in [-0.2, -0.15) is 0 Å². The van der Waals surface area contributed by atoms with Crippen LogP contribution >= 0.6 is 11.3 Å². The molecular weight excluding hydrogens is 190 g/mol. The van der Waals surface area contributed by atoms with Gasteiger partial charge in [0.05, 0.1) is 15.2 Å². The molecule has 1 aliphatic rings. The molecular formula is C12H13NS. The summed E-state index contributed by atoms with van der Waals surface area (Å²) >= 11 is 1.86. The number of hydrogen-bond acceptors (Lipinski definition) is 2. The van der Waals surface area contributed by atoms with Crippen molar-refractivity contribution in [2.45, 2.75) is 26.2 Å². The summed E-state index contributed by atoms with van der Waals surface area (Å²) in [7, 11) is 0. The van der Waals surface area contributed by atoms with Gasteiger partial charge in [-0.05, 0) is 24.0 Å².